The predicted molar refractivity (Wildman–Crippen MR) is 94.2 cm³/mol. The van der Waals surface area contributed by atoms with Crippen molar-refractivity contribution in [2.45, 2.75) is 25.0 Å². The Morgan fingerprint density at radius 3 is 2.85 bits per heavy atom. The summed E-state index contributed by atoms with van der Waals surface area (Å²) in [6.07, 6.45) is 1.99. The molecule has 1 aliphatic carbocycles. The van der Waals surface area contributed by atoms with E-state index in [0.717, 1.165) is 0 Å². The van der Waals surface area contributed by atoms with Crippen molar-refractivity contribution in [3.63, 3.8) is 0 Å². The molecule has 0 spiro atoms. The lowest BCUT2D eigenvalue weighted by Gasteiger charge is -2.17. The molecule has 4 rings (SSSR count). The van der Waals surface area contributed by atoms with Crippen molar-refractivity contribution >= 4 is 21.6 Å². The molecule has 2 atom stereocenters. The third-order valence-electron chi connectivity index (χ3n) is 4.55. The van der Waals surface area contributed by atoms with Crippen LogP contribution in [0.5, 0.6) is 5.75 Å². The fourth-order valence-corrected chi connectivity index (χ4v) is 3.86. The Bertz CT molecular complexity index is 1040. The number of nitrogens with zero attached hydrogens (tertiary/aromatic N) is 4. The number of imidazole rings is 1. The van der Waals surface area contributed by atoms with Crippen molar-refractivity contribution in [2.24, 2.45) is 16.2 Å². The predicted octanol–water partition coefficient (Wildman–Crippen LogP) is 4.74. The molecule has 27 heavy (non-hydrogen) atoms. The molecule has 6 nitrogen and oxygen atoms in total. The molecule has 0 saturated carbocycles. The monoisotopic (exact) mass is 439 g/mol. The number of benzene rings is 1. The Morgan fingerprint density at radius 2 is 2.11 bits per heavy atom. The lowest BCUT2D eigenvalue weighted by Crippen LogP contribution is -2.08. The Hall–Kier alpha value is -2.62. The standard InChI is InChI=1S/C17H13BrF3N5O/c18-10-7-26-14(6-11(10)19)23-15-12(24-25-22)5-9(16(15)26)8-3-1-2-4-13(8)27-17(20)21/h1-4,6-7,9,12,17H,5H2,(H2,22,24)/t9-,12-/m1/s1. The van der Waals surface area contributed by atoms with Crippen molar-refractivity contribution in [1.82, 2.24) is 9.38 Å². The van der Waals surface area contributed by atoms with E-state index < -0.39 is 18.5 Å². The average Bonchev–Trinajstić information content (AvgIpc) is 3.14. The van der Waals surface area contributed by atoms with Gasteiger partial charge in [0, 0.05) is 23.7 Å². The molecule has 3 aromatic rings. The normalized spacial score (nSPS) is 19.3. The lowest BCUT2D eigenvalue weighted by atomic mass is 9.95. The molecule has 0 fully saturated rings. The number of hydrogen-bond donors (Lipinski definition) is 1. The van der Waals surface area contributed by atoms with Gasteiger partial charge < -0.3 is 15.0 Å². The van der Waals surface area contributed by atoms with Crippen LogP contribution in [0.15, 0.2) is 51.3 Å². The second kappa shape index (κ2) is 6.84. The third kappa shape index (κ3) is 3.03. The maximum absolute atomic E-state index is 13.9. The van der Waals surface area contributed by atoms with E-state index in [-0.39, 0.29) is 16.1 Å². The maximum Gasteiger partial charge on any atom is 0.387 e. The topological polar surface area (TPSA) is 77.3 Å². The van der Waals surface area contributed by atoms with Crippen molar-refractivity contribution in [2.75, 3.05) is 0 Å². The van der Waals surface area contributed by atoms with Crippen LogP contribution in [-0.4, -0.2) is 16.0 Å². The van der Waals surface area contributed by atoms with Gasteiger partial charge in [-0.05, 0) is 28.4 Å². The Labute approximate surface area is 160 Å². The second-order valence-electron chi connectivity index (χ2n) is 6.03. The van der Waals surface area contributed by atoms with Gasteiger partial charge in [-0.25, -0.2) is 9.37 Å². The van der Waals surface area contributed by atoms with E-state index in [2.05, 4.69) is 36.0 Å². The summed E-state index contributed by atoms with van der Waals surface area (Å²) in [5.74, 6) is 4.49. The van der Waals surface area contributed by atoms with Gasteiger partial charge in [0.1, 0.15) is 23.3 Å². The molecule has 2 N–H and O–H groups in total. The first kappa shape index (κ1) is 17.8. The second-order valence-corrected chi connectivity index (χ2v) is 6.89. The van der Waals surface area contributed by atoms with E-state index in [0.29, 0.717) is 29.0 Å². The number of pyridine rings is 1. The summed E-state index contributed by atoms with van der Waals surface area (Å²) in [5, 5.41) is 7.37. The molecule has 0 amide bonds. The SMILES string of the molecule is NN=N[C@@H]1C[C@H](c2ccccc2OC(F)F)c2c1nc1cc(F)c(Br)cn21. The zero-order valence-electron chi connectivity index (χ0n) is 13.7. The summed E-state index contributed by atoms with van der Waals surface area (Å²) in [4.78, 5) is 4.47. The molecular weight excluding hydrogens is 427 g/mol. The number of fused-ring (bicyclic) bond motifs is 3. The van der Waals surface area contributed by atoms with Gasteiger partial charge in [-0.15, -0.1) is 0 Å². The van der Waals surface area contributed by atoms with Gasteiger partial charge in [0.05, 0.1) is 15.9 Å². The molecule has 0 saturated heterocycles. The molecule has 0 radical (unpaired) electrons. The molecule has 2 aromatic heterocycles. The minimum Gasteiger partial charge on any atom is -0.435 e. The zero-order valence-corrected chi connectivity index (χ0v) is 15.3. The number of para-hydroxylation sites is 1. The minimum atomic E-state index is -2.95. The highest BCUT2D eigenvalue weighted by atomic mass is 79.9. The minimum absolute atomic E-state index is 0.0740. The van der Waals surface area contributed by atoms with Gasteiger partial charge in [-0.1, -0.05) is 23.4 Å². The van der Waals surface area contributed by atoms with Gasteiger partial charge in [-0.3, -0.25) is 0 Å². The molecular formula is C17H13BrF3N5O. The number of hydrogen-bond acceptors (Lipinski definition) is 4. The molecule has 0 aliphatic heterocycles. The molecule has 140 valence electrons. The van der Waals surface area contributed by atoms with E-state index in [1.807, 2.05) is 0 Å². The summed E-state index contributed by atoms with van der Waals surface area (Å²) >= 11 is 3.17. The highest BCUT2D eigenvalue weighted by Crippen LogP contribution is 2.48. The van der Waals surface area contributed by atoms with E-state index in [1.165, 1.54) is 12.1 Å². The Kier molecular flexibility index (Phi) is 4.50. The molecule has 1 aromatic carbocycles. The number of halogens is 4. The lowest BCUT2D eigenvalue weighted by molar-refractivity contribution is -0.0505. The highest BCUT2D eigenvalue weighted by molar-refractivity contribution is 9.10. The van der Waals surface area contributed by atoms with Crippen LogP contribution >= 0.6 is 15.9 Å². The van der Waals surface area contributed by atoms with Gasteiger partial charge in [-0.2, -0.15) is 13.9 Å². The van der Waals surface area contributed by atoms with Crippen LogP contribution in [0.4, 0.5) is 13.2 Å². The van der Waals surface area contributed by atoms with Crippen LogP contribution in [0.2, 0.25) is 0 Å². The summed E-state index contributed by atoms with van der Waals surface area (Å²) < 4.78 is 46.3. The van der Waals surface area contributed by atoms with E-state index >= 15 is 0 Å². The van der Waals surface area contributed by atoms with Crippen LogP contribution in [0.25, 0.3) is 5.65 Å². The Morgan fingerprint density at radius 1 is 1.33 bits per heavy atom. The summed E-state index contributed by atoms with van der Waals surface area (Å²) in [6.45, 7) is -2.95. The number of ether oxygens (including phenoxy) is 1. The number of rotatable bonds is 4. The van der Waals surface area contributed by atoms with Crippen LogP contribution in [0.1, 0.15) is 35.3 Å². The molecule has 0 bridgehead atoms. The fraction of sp³-hybridized carbons (Fsp3) is 0.235. The first-order chi connectivity index (χ1) is 13.0. The van der Waals surface area contributed by atoms with Crippen LogP contribution in [0.3, 0.4) is 0 Å². The van der Waals surface area contributed by atoms with Crippen molar-refractivity contribution in [1.29, 1.82) is 0 Å². The van der Waals surface area contributed by atoms with E-state index in [1.54, 1.807) is 28.8 Å². The quantitative estimate of drug-likeness (QED) is 0.362. The van der Waals surface area contributed by atoms with Crippen LogP contribution < -0.4 is 10.6 Å². The number of aromatic nitrogens is 2. The summed E-state index contributed by atoms with van der Waals surface area (Å²) in [7, 11) is 0. The van der Waals surface area contributed by atoms with Crippen molar-refractivity contribution < 1.29 is 17.9 Å². The van der Waals surface area contributed by atoms with E-state index in [4.69, 9.17) is 5.84 Å². The first-order valence-corrected chi connectivity index (χ1v) is 8.79. The van der Waals surface area contributed by atoms with E-state index in [9.17, 15) is 13.2 Å². The van der Waals surface area contributed by atoms with Crippen molar-refractivity contribution in [3.8, 4) is 5.75 Å². The Balaban J connectivity index is 1.92. The fourth-order valence-electron chi connectivity index (χ4n) is 3.54. The first-order valence-electron chi connectivity index (χ1n) is 8.00. The molecule has 10 heteroatoms. The van der Waals surface area contributed by atoms with Crippen molar-refractivity contribution in [3.05, 3.63) is 63.8 Å². The van der Waals surface area contributed by atoms with Gasteiger partial charge in [0.2, 0.25) is 0 Å². The van der Waals surface area contributed by atoms with Gasteiger partial charge in [0.25, 0.3) is 0 Å². The largest absolute Gasteiger partial charge is 0.435 e. The third-order valence-corrected chi connectivity index (χ3v) is 5.13. The molecule has 1 aliphatic rings. The molecule has 0 unspecified atom stereocenters. The van der Waals surface area contributed by atoms with Crippen LogP contribution in [-0.2, 0) is 0 Å². The summed E-state index contributed by atoms with van der Waals surface area (Å²) in [6, 6.07) is 7.39. The highest BCUT2D eigenvalue weighted by Gasteiger charge is 2.38. The zero-order chi connectivity index (χ0) is 19.1. The maximum atomic E-state index is 13.9. The van der Waals surface area contributed by atoms with Gasteiger partial charge in [0.15, 0.2) is 0 Å². The van der Waals surface area contributed by atoms with Gasteiger partial charge >= 0.3 is 6.61 Å². The molecule has 2 heterocycles. The smallest absolute Gasteiger partial charge is 0.387 e. The summed E-state index contributed by atoms with van der Waals surface area (Å²) in [5.41, 5.74) is 2.25. The number of nitrogens with two attached hydrogens (primary N) is 1. The van der Waals surface area contributed by atoms with Crippen LogP contribution in [0, 0.1) is 5.82 Å². The number of alkyl halides is 2. The average molecular weight is 440 g/mol.